The lowest BCUT2D eigenvalue weighted by atomic mass is 10.1. The topological polar surface area (TPSA) is 100 Å². The second-order valence-electron chi connectivity index (χ2n) is 7.09. The van der Waals surface area contributed by atoms with Crippen LogP contribution in [0.3, 0.4) is 0 Å². The number of hydrogen-bond donors (Lipinski definition) is 0. The number of ether oxygens (including phenoxy) is 1. The molecule has 0 aliphatic rings. The van der Waals surface area contributed by atoms with Crippen LogP contribution in [0.1, 0.15) is 21.7 Å². The van der Waals surface area contributed by atoms with Crippen LogP contribution in [0.2, 0.25) is 0 Å². The highest BCUT2D eigenvalue weighted by Gasteiger charge is 2.17. The van der Waals surface area contributed by atoms with E-state index in [4.69, 9.17) is 4.74 Å². The smallest absolute Gasteiger partial charge is 0.270 e. The monoisotopic (exact) mass is 460 g/mol. The molecule has 8 nitrogen and oxygen atoms in total. The lowest BCUT2D eigenvalue weighted by Crippen LogP contribution is -2.10. The zero-order chi connectivity index (χ0) is 23.0. The van der Waals surface area contributed by atoms with E-state index >= 15 is 0 Å². The summed E-state index contributed by atoms with van der Waals surface area (Å²) < 4.78 is 7.77. The minimum atomic E-state index is -0.514. The maximum Gasteiger partial charge on any atom is 0.270 e. The van der Waals surface area contributed by atoms with Gasteiger partial charge in [-0.25, -0.2) is 0 Å². The summed E-state index contributed by atoms with van der Waals surface area (Å²) >= 11 is 1.24. The molecule has 0 unspecified atom stereocenters. The Labute approximate surface area is 194 Å². The Bertz CT molecular complexity index is 1250. The molecule has 0 spiro atoms. The normalized spacial score (nSPS) is 10.7. The van der Waals surface area contributed by atoms with Crippen molar-refractivity contribution in [1.82, 2.24) is 14.8 Å². The zero-order valence-electron chi connectivity index (χ0n) is 17.5. The van der Waals surface area contributed by atoms with E-state index in [-0.39, 0.29) is 23.8 Å². The average molecular weight is 461 g/mol. The molecule has 0 radical (unpaired) electrons. The lowest BCUT2D eigenvalue weighted by Gasteiger charge is -2.11. The first-order valence-electron chi connectivity index (χ1n) is 10.1. The highest BCUT2D eigenvalue weighted by molar-refractivity contribution is 7.99. The summed E-state index contributed by atoms with van der Waals surface area (Å²) in [4.78, 5) is 23.1. The van der Waals surface area contributed by atoms with E-state index in [2.05, 4.69) is 10.2 Å². The number of non-ortho nitro benzene ring substituents is 1. The van der Waals surface area contributed by atoms with Gasteiger partial charge >= 0.3 is 0 Å². The number of nitrogens with zero attached hydrogens (tertiary/aromatic N) is 4. The van der Waals surface area contributed by atoms with Gasteiger partial charge in [-0.15, -0.1) is 10.2 Å². The molecule has 33 heavy (non-hydrogen) atoms. The van der Waals surface area contributed by atoms with Crippen molar-refractivity contribution in [1.29, 1.82) is 0 Å². The van der Waals surface area contributed by atoms with Crippen LogP contribution in [0.25, 0.3) is 0 Å². The van der Waals surface area contributed by atoms with E-state index in [9.17, 15) is 14.9 Å². The number of carbonyl (C=O) groups is 1. The Hall–Kier alpha value is -3.98. The third-order valence-electron chi connectivity index (χ3n) is 4.80. The Morgan fingerprint density at radius 2 is 1.70 bits per heavy atom. The number of nitro groups is 1. The molecule has 1 aromatic heterocycles. The Balaban J connectivity index is 1.51. The third kappa shape index (κ3) is 5.83. The minimum absolute atomic E-state index is 0.0770. The van der Waals surface area contributed by atoms with Gasteiger partial charge < -0.3 is 4.74 Å². The molecular formula is C24H20N4O4S. The van der Waals surface area contributed by atoms with E-state index in [1.807, 2.05) is 65.2 Å². The molecule has 0 saturated heterocycles. The molecule has 0 saturated carbocycles. The van der Waals surface area contributed by atoms with Crippen LogP contribution in [0.4, 0.5) is 5.69 Å². The molecular weight excluding hydrogens is 440 g/mol. The predicted molar refractivity (Wildman–Crippen MR) is 124 cm³/mol. The van der Waals surface area contributed by atoms with Crippen LogP contribution in [0.15, 0.2) is 90.1 Å². The fourth-order valence-corrected chi connectivity index (χ4v) is 3.98. The number of para-hydroxylation sites is 1. The number of hydrogen-bond acceptors (Lipinski definition) is 7. The fourth-order valence-electron chi connectivity index (χ4n) is 3.13. The minimum Gasteiger partial charge on any atom is -0.486 e. The molecule has 0 aliphatic heterocycles. The van der Waals surface area contributed by atoms with Gasteiger partial charge in [-0.1, -0.05) is 72.4 Å². The second-order valence-corrected chi connectivity index (χ2v) is 8.03. The van der Waals surface area contributed by atoms with Crippen molar-refractivity contribution < 1.29 is 14.5 Å². The van der Waals surface area contributed by atoms with Crippen LogP contribution in [0.5, 0.6) is 5.75 Å². The van der Waals surface area contributed by atoms with Crippen molar-refractivity contribution in [2.75, 3.05) is 5.75 Å². The summed E-state index contributed by atoms with van der Waals surface area (Å²) in [5.41, 5.74) is 1.24. The summed E-state index contributed by atoms with van der Waals surface area (Å²) in [5, 5.41) is 20.1. The number of nitro benzene ring substituents is 1. The first-order chi connectivity index (χ1) is 16.1. The van der Waals surface area contributed by atoms with Crippen molar-refractivity contribution in [3.8, 4) is 5.75 Å². The molecule has 0 N–H and O–H groups in total. The molecule has 9 heteroatoms. The number of aromatic nitrogens is 3. The van der Waals surface area contributed by atoms with Gasteiger partial charge in [-0.3, -0.25) is 19.5 Å². The largest absolute Gasteiger partial charge is 0.486 e. The number of rotatable bonds is 10. The van der Waals surface area contributed by atoms with Crippen LogP contribution in [-0.2, 0) is 13.2 Å². The van der Waals surface area contributed by atoms with Crippen LogP contribution >= 0.6 is 11.8 Å². The molecule has 4 aromatic rings. The maximum atomic E-state index is 12.7. The number of benzene rings is 3. The van der Waals surface area contributed by atoms with Crippen LogP contribution in [-0.4, -0.2) is 31.2 Å². The molecule has 0 atom stereocenters. The maximum absolute atomic E-state index is 12.7. The van der Waals surface area contributed by atoms with Gasteiger partial charge in [0.05, 0.1) is 17.2 Å². The fraction of sp³-hybridized carbons (Fsp3) is 0.125. The summed E-state index contributed by atoms with van der Waals surface area (Å²) in [6.45, 7) is 0.748. The first kappa shape index (κ1) is 22.2. The van der Waals surface area contributed by atoms with Crippen molar-refractivity contribution >= 4 is 23.2 Å². The number of thioether (sulfide) groups is 1. The molecule has 3 aromatic carbocycles. The van der Waals surface area contributed by atoms with Gasteiger partial charge in [0.25, 0.3) is 5.69 Å². The van der Waals surface area contributed by atoms with Gasteiger partial charge in [0.2, 0.25) is 0 Å². The molecule has 1 heterocycles. The van der Waals surface area contributed by atoms with E-state index in [0.717, 1.165) is 11.3 Å². The zero-order valence-corrected chi connectivity index (χ0v) is 18.4. The van der Waals surface area contributed by atoms with Crippen molar-refractivity contribution in [2.24, 2.45) is 0 Å². The number of carbonyl (C=O) groups excluding carboxylic acids is 1. The van der Waals surface area contributed by atoms with E-state index < -0.39 is 4.92 Å². The highest BCUT2D eigenvalue weighted by Crippen LogP contribution is 2.22. The highest BCUT2D eigenvalue weighted by atomic mass is 32.2. The summed E-state index contributed by atoms with van der Waals surface area (Å²) in [6.07, 6.45) is 0. The summed E-state index contributed by atoms with van der Waals surface area (Å²) in [5.74, 6) is 1.21. The summed E-state index contributed by atoms with van der Waals surface area (Å²) in [6, 6.07) is 25.0. The van der Waals surface area contributed by atoms with Gasteiger partial charge in [-0.2, -0.15) is 0 Å². The SMILES string of the molecule is O=C(CSc1nnc(COc2ccccc2)n1Cc1ccccc1)c1cccc([N+](=O)[O-])c1. The van der Waals surface area contributed by atoms with Gasteiger partial charge in [0.15, 0.2) is 16.8 Å². The van der Waals surface area contributed by atoms with Gasteiger partial charge in [0, 0.05) is 17.7 Å². The number of Topliss-reactive ketones (excluding diaryl/α,β-unsaturated/α-hetero) is 1. The van der Waals surface area contributed by atoms with Gasteiger partial charge in [-0.05, 0) is 17.7 Å². The molecule has 0 fully saturated rings. The Morgan fingerprint density at radius 3 is 2.42 bits per heavy atom. The molecule has 166 valence electrons. The third-order valence-corrected chi connectivity index (χ3v) is 5.77. The second kappa shape index (κ2) is 10.6. The number of ketones is 1. The first-order valence-corrected chi connectivity index (χ1v) is 11.1. The summed E-state index contributed by atoms with van der Waals surface area (Å²) in [7, 11) is 0. The van der Waals surface area contributed by atoms with Crippen molar-refractivity contribution in [3.63, 3.8) is 0 Å². The van der Waals surface area contributed by atoms with Crippen LogP contribution in [0, 0.1) is 10.1 Å². The quantitative estimate of drug-likeness (QED) is 0.145. The van der Waals surface area contributed by atoms with Gasteiger partial charge in [0.1, 0.15) is 12.4 Å². The Kier molecular flexibility index (Phi) is 7.11. The molecule has 4 rings (SSSR count). The molecule has 0 aliphatic carbocycles. The van der Waals surface area contributed by atoms with Crippen LogP contribution < -0.4 is 4.74 Å². The van der Waals surface area contributed by atoms with E-state index in [1.165, 1.54) is 30.0 Å². The average Bonchev–Trinajstić information content (AvgIpc) is 3.23. The van der Waals surface area contributed by atoms with E-state index in [1.54, 1.807) is 6.07 Å². The lowest BCUT2D eigenvalue weighted by molar-refractivity contribution is -0.384. The Morgan fingerprint density at radius 1 is 0.970 bits per heavy atom. The standard InChI is InChI=1S/C24H20N4O4S/c29-22(19-10-7-11-20(14-19)28(30)31)17-33-24-26-25-23(16-32-21-12-5-2-6-13-21)27(24)15-18-8-3-1-4-9-18/h1-14H,15-17H2. The van der Waals surface area contributed by atoms with E-state index in [0.29, 0.717) is 23.1 Å². The molecule has 0 bridgehead atoms. The molecule has 0 amide bonds. The van der Waals surface area contributed by atoms with Crippen molar-refractivity contribution in [3.05, 3.63) is 112 Å². The van der Waals surface area contributed by atoms with Crippen molar-refractivity contribution in [2.45, 2.75) is 18.3 Å². The predicted octanol–water partition coefficient (Wildman–Crippen LogP) is 4.79.